The Kier molecular flexibility index (Phi) is 3.63. The van der Waals surface area contributed by atoms with E-state index in [1.54, 1.807) is 12.5 Å². The smallest absolute Gasteiger partial charge is 0.244 e. The largest absolute Gasteiger partial charge is 0.449 e. The fourth-order valence-corrected chi connectivity index (χ4v) is 2.95. The summed E-state index contributed by atoms with van der Waals surface area (Å²) < 4.78 is 10.8. The van der Waals surface area contributed by atoms with Gasteiger partial charge in [-0.25, -0.2) is 4.98 Å². The third-order valence-electron chi connectivity index (χ3n) is 4.02. The average Bonchev–Trinajstić information content (AvgIpc) is 3.29. The standard InChI is InChI=1S/C16H17N5O2/c1-11-18-12(10-22-11)9-21-8-4-6-14(21)16-19-15(20-23-16)13-5-2-3-7-17-13/h2-3,5,7,10,14H,4,6,8-9H2,1H3/t14-/m1/s1. The summed E-state index contributed by atoms with van der Waals surface area (Å²) in [5, 5.41) is 4.07. The van der Waals surface area contributed by atoms with Crippen molar-refractivity contribution in [3.8, 4) is 11.5 Å². The highest BCUT2D eigenvalue weighted by Gasteiger charge is 2.31. The summed E-state index contributed by atoms with van der Waals surface area (Å²) in [5.41, 5.74) is 1.65. The van der Waals surface area contributed by atoms with Crippen molar-refractivity contribution in [1.82, 2.24) is 25.0 Å². The van der Waals surface area contributed by atoms with E-state index >= 15 is 0 Å². The van der Waals surface area contributed by atoms with Gasteiger partial charge in [-0.1, -0.05) is 11.2 Å². The van der Waals surface area contributed by atoms with Gasteiger partial charge in [0.05, 0.1) is 11.7 Å². The monoisotopic (exact) mass is 311 g/mol. The molecule has 7 heteroatoms. The van der Waals surface area contributed by atoms with Crippen LogP contribution in [0.2, 0.25) is 0 Å². The van der Waals surface area contributed by atoms with Gasteiger partial charge in [0.1, 0.15) is 12.0 Å². The van der Waals surface area contributed by atoms with Crippen LogP contribution in [0.3, 0.4) is 0 Å². The maximum absolute atomic E-state index is 5.49. The highest BCUT2D eigenvalue weighted by Crippen LogP contribution is 2.32. The summed E-state index contributed by atoms with van der Waals surface area (Å²) in [7, 11) is 0. The number of hydrogen-bond donors (Lipinski definition) is 0. The van der Waals surface area contributed by atoms with Crippen LogP contribution in [-0.2, 0) is 6.54 Å². The lowest BCUT2D eigenvalue weighted by Gasteiger charge is -2.19. The number of pyridine rings is 1. The highest BCUT2D eigenvalue weighted by molar-refractivity contribution is 5.47. The third kappa shape index (κ3) is 2.87. The maximum Gasteiger partial charge on any atom is 0.244 e. The van der Waals surface area contributed by atoms with Crippen molar-refractivity contribution in [2.45, 2.75) is 32.4 Å². The normalized spacial score (nSPS) is 18.6. The molecule has 118 valence electrons. The molecule has 0 bridgehead atoms. The molecule has 1 fully saturated rings. The van der Waals surface area contributed by atoms with E-state index in [2.05, 4.69) is 25.0 Å². The molecule has 0 aromatic carbocycles. The molecule has 0 amide bonds. The molecule has 23 heavy (non-hydrogen) atoms. The van der Waals surface area contributed by atoms with E-state index in [0.29, 0.717) is 17.6 Å². The highest BCUT2D eigenvalue weighted by atomic mass is 16.5. The molecule has 7 nitrogen and oxygen atoms in total. The van der Waals surface area contributed by atoms with Gasteiger partial charge in [0.15, 0.2) is 5.89 Å². The number of oxazole rings is 1. The lowest BCUT2D eigenvalue weighted by molar-refractivity contribution is 0.199. The molecule has 1 atom stereocenters. The molecule has 0 saturated carbocycles. The predicted molar refractivity (Wildman–Crippen MR) is 81.2 cm³/mol. The molecular formula is C16H17N5O2. The van der Waals surface area contributed by atoms with Crippen LogP contribution in [0.4, 0.5) is 0 Å². The third-order valence-corrected chi connectivity index (χ3v) is 4.02. The lowest BCUT2D eigenvalue weighted by atomic mass is 10.2. The van der Waals surface area contributed by atoms with Crippen LogP contribution in [0, 0.1) is 6.92 Å². The summed E-state index contributed by atoms with van der Waals surface area (Å²) in [6, 6.07) is 5.77. The van der Waals surface area contributed by atoms with Gasteiger partial charge in [-0.3, -0.25) is 9.88 Å². The lowest BCUT2D eigenvalue weighted by Crippen LogP contribution is -2.23. The van der Waals surface area contributed by atoms with Crippen LogP contribution in [0.1, 0.15) is 36.4 Å². The summed E-state index contributed by atoms with van der Waals surface area (Å²) in [5.74, 6) is 1.86. The average molecular weight is 311 g/mol. The Labute approximate surface area is 133 Å². The van der Waals surface area contributed by atoms with Gasteiger partial charge in [-0.2, -0.15) is 4.98 Å². The maximum atomic E-state index is 5.49. The predicted octanol–water partition coefficient (Wildman–Crippen LogP) is 2.77. The number of rotatable bonds is 4. The molecule has 4 rings (SSSR count). The van der Waals surface area contributed by atoms with Crippen LogP contribution in [0.25, 0.3) is 11.5 Å². The summed E-state index contributed by atoms with van der Waals surface area (Å²) in [6.07, 6.45) is 5.53. The van der Waals surface area contributed by atoms with Gasteiger partial charge >= 0.3 is 0 Å². The van der Waals surface area contributed by atoms with Crippen molar-refractivity contribution in [2.75, 3.05) is 6.54 Å². The zero-order valence-electron chi connectivity index (χ0n) is 12.8. The molecule has 0 N–H and O–H groups in total. The summed E-state index contributed by atoms with van der Waals surface area (Å²) in [4.78, 5) is 15.5. The van der Waals surface area contributed by atoms with Gasteiger partial charge < -0.3 is 8.94 Å². The van der Waals surface area contributed by atoms with E-state index in [0.717, 1.165) is 37.3 Å². The van der Waals surface area contributed by atoms with E-state index in [1.807, 2.05) is 25.1 Å². The quantitative estimate of drug-likeness (QED) is 0.732. The number of aryl methyl sites for hydroxylation is 1. The first-order chi connectivity index (χ1) is 11.3. The Morgan fingerprint density at radius 1 is 1.30 bits per heavy atom. The number of aromatic nitrogens is 4. The fourth-order valence-electron chi connectivity index (χ4n) is 2.95. The molecular weight excluding hydrogens is 294 g/mol. The van der Waals surface area contributed by atoms with Crippen molar-refractivity contribution in [3.05, 3.63) is 48.1 Å². The van der Waals surface area contributed by atoms with Crippen LogP contribution in [0.5, 0.6) is 0 Å². The Morgan fingerprint density at radius 3 is 3.04 bits per heavy atom. The van der Waals surface area contributed by atoms with Gasteiger partial charge in [0, 0.05) is 19.7 Å². The Morgan fingerprint density at radius 2 is 2.26 bits per heavy atom. The minimum atomic E-state index is 0.122. The van der Waals surface area contributed by atoms with Crippen LogP contribution in [-0.4, -0.2) is 31.6 Å². The van der Waals surface area contributed by atoms with E-state index in [1.165, 1.54) is 0 Å². The second-order valence-corrected chi connectivity index (χ2v) is 5.66. The molecule has 1 saturated heterocycles. The second kappa shape index (κ2) is 5.92. The molecule has 0 aliphatic carbocycles. The molecule has 3 aromatic rings. The van der Waals surface area contributed by atoms with Crippen LogP contribution in [0.15, 0.2) is 39.6 Å². The number of nitrogens with zero attached hydrogens (tertiary/aromatic N) is 5. The second-order valence-electron chi connectivity index (χ2n) is 5.66. The van der Waals surface area contributed by atoms with Crippen molar-refractivity contribution in [1.29, 1.82) is 0 Å². The Balaban J connectivity index is 1.54. The van der Waals surface area contributed by atoms with Crippen LogP contribution >= 0.6 is 0 Å². The minimum absolute atomic E-state index is 0.122. The fraction of sp³-hybridized carbons (Fsp3) is 0.375. The number of hydrogen-bond acceptors (Lipinski definition) is 7. The molecule has 1 aliphatic heterocycles. The number of likely N-dealkylation sites (tertiary alicyclic amines) is 1. The van der Waals surface area contributed by atoms with Gasteiger partial charge in [-0.05, 0) is 31.5 Å². The molecule has 0 unspecified atom stereocenters. The minimum Gasteiger partial charge on any atom is -0.449 e. The van der Waals surface area contributed by atoms with E-state index < -0.39 is 0 Å². The molecule has 3 aromatic heterocycles. The van der Waals surface area contributed by atoms with Crippen LogP contribution < -0.4 is 0 Å². The SMILES string of the molecule is Cc1nc(CN2CCC[C@@H]2c2nc(-c3ccccn3)no2)co1. The summed E-state index contributed by atoms with van der Waals surface area (Å²) >= 11 is 0. The first-order valence-corrected chi connectivity index (χ1v) is 7.69. The zero-order chi connectivity index (χ0) is 15.6. The Hall–Kier alpha value is -2.54. The Bertz CT molecular complexity index is 783. The molecule has 4 heterocycles. The molecule has 0 spiro atoms. The van der Waals surface area contributed by atoms with Crippen molar-refractivity contribution >= 4 is 0 Å². The molecule has 0 radical (unpaired) electrons. The zero-order valence-corrected chi connectivity index (χ0v) is 12.8. The van der Waals surface area contributed by atoms with E-state index in [4.69, 9.17) is 8.94 Å². The van der Waals surface area contributed by atoms with Gasteiger partial charge in [0.2, 0.25) is 11.7 Å². The molecule has 1 aliphatic rings. The van der Waals surface area contributed by atoms with Crippen molar-refractivity contribution in [2.24, 2.45) is 0 Å². The van der Waals surface area contributed by atoms with Crippen molar-refractivity contribution < 1.29 is 8.94 Å². The first kappa shape index (κ1) is 14.1. The van der Waals surface area contributed by atoms with E-state index in [9.17, 15) is 0 Å². The van der Waals surface area contributed by atoms with E-state index in [-0.39, 0.29) is 6.04 Å². The van der Waals surface area contributed by atoms with Gasteiger partial charge in [0.25, 0.3) is 0 Å². The van der Waals surface area contributed by atoms with Gasteiger partial charge in [-0.15, -0.1) is 0 Å². The topological polar surface area (TPSA) is 81.1 Å². The first-order valence-electron chi connectivity index (χ1n) is 7.69. The van der Waals surface area contributed by atoms with Crippen molar-refractivity contribution in [3.63, 3.8) is 0 Å². The summed E-state index contributed by atoms with van der Waals surface area (Å²) in [6.45, 7) is 3.56.